The largest absolute Gasteiger partial charge is 0.302 e. The highest BCUT2D eigenvalue weighted by atomic mass is 16.1. The summed E-state index contributed by atoms with van der Waals surface area (Å²) in [6.07, 6.45) is 0. The van der Waals surface area contributed by atoms with Crippen molar-refractivity contribution in [2.75, 3.05) is 0 Å². The summed E-state index contributed by atoms with van der Waals surface area (Å²) in [7, 11) is 0. The van der Waals surface area contributed by atoms with Crippen LogP contribution in [0.1, 0.15) is 48.1 Å². The standard InChI is InChI=1S/C17H18N4O/c1-10(2)12-4-6-13(7-5-12)16(14(8-18)9-19)15-11(3)20-21-17(15)22/h4-7,10,14,16H,1-3H3,(H2,20,21,22)/t16-/m1/s1. The smallest absolute Gasteiger partial charge is 0.268 e. The maximum atomic E-state index is 12.1. The molecule has 0 fully saturated rings. The van der Waals surface area contributed by atoms with Crippen LogP contribution in [0, 0.1) is 35.5 Å². The van der Waals surface area contributed by atoms with Crippen molar-refractivity contribution in [1.82, 2.24) is 10.2 Å². The Hall–Kier alpha value is -2.79. The van der Waals surface area contributed by atoms with E-state index in [1.54, 1.807) is 6.92 Å². The van der Waals surface area contributed by atoms with E-state index in [0.29, 0.717) is 17.2 Å². The minimum Gasteiger partial charge on any atom is -0.302 e. The van der Waals surface area contributed by atoms with Crippen molar-refractivity contribution in [2.45, 2.75) is 32.6 Å². The molecule has 0 bridgehead atoms. The van der Waals surface area contributed by atoms with Gasteiger partial charge in [-0.2, -0.15) is 10.5 Å². The molecule has 1 atom stereocenters. The monoisotopic (exact) mass is 294 g/mol. The van der Waals surface area contributed by atoms with Gasteiger partial charge in [0.25, 0.3) is 5.56 Å². The van der Waals surface area contributed by atoms with Crippen molar-refractivity contribution in [2.24, 2.45) is 5.92 Å². The number of aryl methyl sites for hydroxylation is 1. The molecule has 5 heteroatoms. The molecule has 5 nitrogen and oxygen atoms in total. The van der Waals surface area contributed by atoms with Gasteiger partial charge in [-0.25, -0.2) is 0 Å². The zero-order valence-electron chi connectivity index (χ0n) is 12.8. The fourth-order valence-electron chi connectivity index (χ4n) is 2.62. The summed E-state index contributed by atoms with van der Waals surface area (Å²) >= 11 is 0. The number of hydrogen-bond acceptors (Lipinski definition) is 3. The second-order valence-corrected chi connectivity index (χ2v) is 5.65. The molecule has 0 saturated carbocycles. The van der Waals surface area contributed by atoms with Crippen LogP contribution in [0.5, 0.6) is 0 Å². The first-order valence-corrected chi connectivity index (χ1v) is 7.15. The molecule has 0 aliphatic rings. The molecule has 2 N–H and O–H groups in total. The molecule has 1 aromatic heterocycles. The summed E-state index contributed by atoms with van der Waals surface area (Å²) in [6, 6.07) is 11.8. The minimum atomic E-state index is -0.916. The average molecular weight is 294 g/mol. The number of hydrogen-bond donors (Lipinski definition) is 2. The van der Waals surface area contributed by atoms with Gasteiger partial charge in [-0.15, -0.1) is 0 Å². The Balaban J connectivity index is 2.58. The predicted octanol–water partition coefficient (Wildman–Crippen LogP) is 2.93. The predicted molar refractivity (Wildman–Crippen MR) is 83.2 cm³/mol. The SMILES string of the molecule is Cc1[nH][nH]c(=O)c1[C@H](c1ccc(C(C)C)cc1)C(C#N)C#N. The number of aromatic amines is 2. The summed E-state index contributed by atoms with van der Waals surface area (Å²) < 4.78 is 0. The maximum absolute atomic E-state index is 12.1. The first kappa shape index (κ1) is 15.6. The van der Waals surface area contributed by atoms with Crippen molar-refractivity contribution in [1.29, 1.82) is 10.5 Å². The van der Waals surface area contributed by atoms with Crippen LogP contribution in [-0.4, -0.2) is 10.2 Å². The third kappa shape index (κ3) is 2.80. The molecule has 0 aliphatic heterocycles. The topological polar surface area (TPSA) is 96.2 Å². The molecule has 22 heavy (non-hydrogen) atoms. The van der Waals surface area contributed by atoms with E-state index in [4.69, 9.17) is 0 Å². The van der Waals surface area contributed by atoms with Crippen LogP contribution in [-0.2, 0) is 0 Å². The number of nitrogens with zero attached hydrogens (tertiary/aromatic N) is 2. The van der Waals surface area contributed by atoms with Crippen LogP contribution >= 0.6 is 0 Å². The Morgan fingerprint density at radius 2 is 1.55 bits per heavy atom. The van der Waals surface area contributed by atoms with Gasteiger partial charge in [-0.3, -0.25) is 9.89 Å². The maximum Gasteiger partial charge on any atom is 0.268 e. The Morgan fingerprint density at radius 3 is 1.95 bits per heavy atom. The quantitative estimate of drug-likeness (QED) is 0.907. The average Bonchev–Trinajstić information content (AvgIpc) is 2.84. The third-order valence-electron chi connectivity index (χ3n) is 3.90. The van der Waals surface area contributed by atoms with Crippen LogP contribution < -0.4 is 5.56 Å². The molecule has 0 radical (unpaired) electrons. The fraction of sp³-hybridized carbons (Fsp3) is 0.353. The van der Waals surface area contributed by atoms with E-state index >= 15 is 0 Å². The molecule has 0 aliphatic carbocycles. The number of nitrogens with one attached hydrogen (secondary N) is 2. The summed E-state index contributed by atoms with van der Waals surface area (Å²) in [5, 5.41) is 23.9. The summed E-state index contributed by atoms with van der Waals surface area (Å²) in [6.45, 7) is 5.95. The van der Waals surface area contributed by atoms with Gasteiger partial charge in [0.15, 0.2) is 0 Å². The first-order valence-electron chi connectivity index (χ1n) is 7.15. The molecular weight excluding hydrogens is 276 g/mol. The van der Waals surface area contributed by atoms with Gasteiger partial charge in [0.05, 0.1) is 12.1 Å². The summed E-state index contributed by atoms with van der Waals surface area (Å²) in [5.41, 5.74) is 2.79. The minimum absolute atomic E-state index is 0.286. The molecule has 0 saturated heterocycles. The van der Waals surface area contributed by atoms with E-state index in [1.807, 2.05) is 36.4 Å². The molecule has 0 spiro atoms. The van der Waals surface area contributed by atoms with Gasteiger partial charge in [0.1, 0.15) is 5.92 Å². The highest BCUT2D eigenvalue weighted by molar-refractivity contribution is 5.39. The highest BCUT2D eigenvalue weighted by Crippen LogP contribution is 2.32. The lowest BCUT2D eigenvalue weighted by Crippen LogP contribution is -2.19. The summed E-state index contributed by atoms with van der Waals surface area (Å²) in [4.78, 5) is 12.1. The van der Waals surface area contributed by atoms with Gasteiger partial charge in [0, 0.05) is 17.2 Å². The Kier molecular flexibility index (Phi) is 4.48. The van der Waals surface area contributed by atoms with Crippen molar-refractivity contribution in [3.8, 4) is 12.1 Å². The van der Waals surface area contributed by atoms with Gasteiger partial charge in [0.2, 0.25) is 0 Å². The zero-order valence-corrected chi connectivity index (χ0v) is 12.8. The van der Waals surface area contributed by atoms with Crippen LogP contribution in [0.25, 0.3) is 0 Å². The molecular formula is C17H18N4O. The second kappa shape index (κ2) is 6.32. The summed E-state index contributed by atoms with van der Waals surface area (Å²) in [5.74, 6) is -1.08. The Bertz CT molecular complexity index is 770. The van der Waals surface area contributed by atoms with Crippen LogP contribution in [0.15, 0.2) is 29.1 Å². The van der Waals surface area contributed by atoms with E-state index in [0.717, 1.165) is 5.56 Å². The van der Waals surface area contributed by atoms with Gasteiger partial charge < -0.3 is 5.10 Å². The van der Waals surface area contributed by atoms with E-state index in [9.17, 15) is 15.3 Å². The number of aromatic nitrogens is 2. The van der Waals surface area contributed by atoms with Gasteiger partial charge in [-0.1, -0.05) is 38.1 Å². The van der Waals surface area contributed by atoms with Crippen molar-refractivity contribution < 1.29 is 0 Å². The van der Waals surface area contributed by atoms with Crippen molar-refractivity contribution >= 4 is 0 Å². The van der Waals surface area contributed by atoms with Crippen molar-refractivity contribution in [3.05, 3.63) is 57.0 Å². The fourth-order valence-corrected chi connectivity index (χ4v) is 2.62. The zero-order chi connectivity index (χ0) is 16.3. The molecule has 0 unspecified atom stereocenters. The van der Waals surface area contributed by atoms with E-state index in [-0.39, 0.29) is 5.56 Å². The molecule has 2 rings (SSSR count). The van der Waals surface area contributed by atoms with Crippen molar-refractivity contribution in [3.63, 3.8) is 0 Å². The van der Waals surface area contributed by atoms with Crippen LogP contribution in [0.4, 0.5) is 0 Å². The molecule has 1 aromatic carbocycles. The van der Waals surface area contributed by atoms with Gasteiger partial charge >= 0.3 is 0 Å². The Labute approximate surface area is 129 Å². The van der Waals surface area contributed by atoms with Crippen LogP contribution in [0.3, 0.4) is 0 Å². The number of rotatable bonds is 4. The van der Waals surface area contributed by atoms with Crippen LogP contribution in [0.2, 0.25) is 0 Å². The first-order chi connectivity index (χ1) is 10.5. The van der Waals surface area contributed by atoms with E-state index in [2.05, 4.69) is 24.0 Å². The normalized spacial score (nSPS) is 12.1. The molecule has 1 heterocycles. The van der Waals surface area contributed by atoms with E-state index < -0.39 is 11.8 Å². The third-order valence-corrected chi connectivity index (χ3v) is 3.90. The molecule has 112 valence electrons. The number of benzene rings is 1. The lowest BCUT2D eigenvalue weighted by atomic mass is 9.81. The Morgan fingerprint density at radius 1 is 1.00 bits per heavy atom. The highest BCUT2D eigenvalue weighted by Gasteiger charge is 2.29. The molecule has 0 amide bonds. The lowest BCUT2D eigenvalue weighted by Gasteiger charge is -2.18. The lowest BCUT2D eigenvalue weighted by molar-refractivity contribution is 0.699. The molecule has 2 aromatic rings. The van der Waals surface area contributed by atoms with E-state index in [1.165, 1.54) is 5.56 Å². The number of H-pyrrole nitrogens is 2. The van der Waals surface area contributed by atoms with Gasteiger partial charge in [-0.05, 0) is 24.0 Å². The number of nitriles is 2. The second-order valence-electron chi connectivity index (χ2n) is 5.65.